The molecule has 0 aromatic rings. The summed E-state index contributed by atoms with van der Waals surface area (Å²) in [6, 6.07) is 0. The molecule has 3 heteroatoms. The quantitative estimate of drug-likeness (QED) is 0.732. The molecule has 0 bridgehead atoms. The van der Waals surface area contributed by atoms with Crippen molar-refractivity contribution in [3.63, 3.8) is 0 Å². The zero-order valence-electron chi connectivity index (χ0n) is 11.7. The van der Waals surface area contributed by atoms with Gasteiger partial charge in [0.15, 0.2) is 0 Å². The number of hydrogen-bond acceptors (Lipinski definition) is 3. The first-order chi connectivity index (χ1) is 7.38. The van der Waals surface area contributed by atoms with Gasteiger partial charge in [-0.1, -0.05) is 27.2 Å². The largest absolute Gasteiger partial charge is 0.334 e. The molecule has 1 rings (SSSR count). The third kappa shape index (κ3) is 2.89. The average molecular weight is 225 g/mol. The molecule has 0 aromatic heterocycles. The molecule has 1 aliphatic rings. The number of nitrogens with zero attached hydrogens (tertiary/aromatic N) is 3. The smallest absolute Gasteiger partial charge is 0.121 e. The second-order valence-corrected chi connectivity index (χ2v) is 5.98. The lowest BCUT2D eigenvalue weighted by molar-refractivity contribution is 0.0413. The van der Waals surface area contributed by atoms with Crippen molar-refractivity contribution < 1.29 is 0 Å². The van der Waals surface area contributed by atoms with E-state index < -0.39 is 0 Å². The van der Waals surface area contributed by atoms with Crippen LogP contribution in [0.1, 0.15) is 54.4 Å². The molecule has 0 N–H and O–H groups in total. The van der Waals surface area contributed by atoms with Crippen LogP contribution in [-0.2, 0) is 0 Å². The average Bonchev–Trinajstić information content (AvgIpc) is 2.57. The van der Waals surface area contributed by atoms with E-state index in [1.54, 1.807) is 0 Å². The van der Waals surface area contributed by atoms with Crippen LogP contribution in [0.2, 0.25) is 0 Å². The van der Waals surface area contributed by atoms with Crippen molar-refractivity contribution >= 4 is 6.34 Å². The molecule has 1 heterocycles. The van der Waals surface area contributed by atoms with E-state index >= 15 is 0 Å². The maximum Gasteiger partial charge on any atom is 0.121 e. The summed E-state index contributed by atoms with van der Waals surface area (Å²) in [5.74, 6) is 0.596. The summed E-state index contributed by atoms with van der Waals surface area (Å²) in [4.78, 5) is 2.38. The van der Waals surface area contributed by atoms with Crippen LogP contribution in [0.5, 0.6) is 0 Å². The summed E-state index contributed by atoms with van der Waals surface area (Å²) < 4.78 is 0. The lowest BCUT2D eigenvalue weighted by Crippen LogP contribution is -2.51. The molecule has 1 unspecified atom stereocenters. The highest BCUT2D eigenvalue weighted by Crippen LogP contribution is 2.27. The van der Waals surface area contributed by atoms with Gasteiger partial charge in [-0.3, -0.25) is 5.01 Å². The SMILES string of the molecule is CCCCN1N=CN(C(C)(C)C)C1C(C)C. The van der Waals surface area contributed by atoms with Gasteiger partial charge in [0, 0.05) is 12.1 Å². The highest BCUT2D eigenvalue weighted by atomic mass is 15.6. The number of unbranched alkanes of at least 4 members (excludes halogenated alkanes) is 1. The molecule has 0 saturated heterocycles. The standard InChI is InChI=1S/C13H27N3/c1-7-8-9-16-12(11(2)3)15(10-14-16)13(4,5)6/h10-12H,7-9H2,1-6H3. The van der Waals surface area contributed by atoms with Gasteiger partial charge in [0.2, 0.25) is 0 Å². The highest BCUT2D eigenvalue weighted by Gasteiger charge is 2.36. The summed E-state index contributed by atoms with van der Waals surface area (Å²) in [5, 5.41) is 6.81. The van der Waals surface area contributed by atoms with Crippen LogP contribution >= 0.6 is 0 Å². The van der Waals surface area contributed by atoms with Gasteiger partial charge in [0.05, 0.1) is 0 Å². The minimum Gasteiger partial charge on any atom is -0.334 e. The fraction of sp³-hybridized carbons (Fsp3) is 0.923. The van der Waals surface area contributed by atoms with Crippen molar-refractivity contribution in [3.05, 3.63) is 0 Å². The van der Waals surface area contributed by atoms with E-state index in [1.165, 1.54) is 12.8 Å². The molecule has 0 spiro atoms. The van der Waals surface area contributed by atoms with E-state index in [4.69, 9.17) is 0 Å². The van der Waals surface area contributed by atoms with E-state index in [0.717, 1.165) is 6.54 Å². The van der Waals surface area contributed by atoms with Gasteiger partial charge in [-0.15, -0.1) is 0 Å². The predicted octanol–water partition coefficient (Wildman–Crippen LogP) is 3.13. The normalized spacial score (nSPS) is 21.3. The van der Waals surface area contributed by atoms with Gasteiger partial charge >= 0.3 is 0 Å². The number of rotatable bonds is 4. The first-order valence-corrected chi connectivity index (χ1v) is 6.47. The lowest BCUT2D eigenvalue weighted by atomic mass is 10.0. The Morgan fingerprint density at radius 3 is 2.38 bits per heavy atom. The van der Waals surface area contributed by atoms with Crippen LogP contribution in [0.25, 0.3) is 0 Å². The molecule has 0 amide bonds. The first-order valence-electron chi connectivity index (χ1n) is 6.47. The van der Waals surface area contributed by atoms with Gasteiger partial charge < -0.3 is 4.90 Å². The van der Waals surface area contributed by atoms with Gasteiger partial charge in [-0.05, 0) is 33.1 Å². The van der Waals surface area contributed by atoms with Gasteiger partial charge in [0.1, 0.15) is 12.5 Å². The monoisotopic (exact) mass is 225 g/mol. The maximum atomic E-state index is 4.56. The van der Waals surface area contributed by atoms with Crippen LogP contribution in [0.3, 0.4) is 0 Å². The Balaban J connectivity index is 2.73. The Hall–Kier alpha value is -0.730. The van der Waals surface area contributed by atoms with Gasteiger partial charge in [-0.2, -0.15) is 5.10 Å². The molecule has 0 radical (unpaired) electrons. The van der Waals surface area contributed by atoms with Crippen LogP contribution in [0, 0.1) is 5.92 Å². The van der Waals surface area contributed by atoms with Crippen LogP contribution < -0.4 is 0 Å². The Bertz CT molecular complexity index is 240. The van der Waals surface area contributed by atoms with E-state index in [0.29, 0.717) is 12.1 Å². The van der Waals surface area contributed by atoms with Gasteiger partial charge in [0.25, 0.3) is 0 Å². The molecule has 1 atom stereocenters. The Morgan fingerprint density at radius 2 is 1.94 bits per heavy atom. The Kier molecular flexibility index (Phi) is 4.22. The number of hydrogen-bond donors (Lipinski definition) is 0. The van der Waals surface area contributed by atoms with Crippen LogP contribution in [0.4, 0.5) is 0 Å². The molecule has 0 fully saturated rings. The second-order valence-electron chi connectivity index (χ2n) is 5.98. The zero-order valence-corrected chi connectivity index (χ0v) is 11.7. The molecule has 0 aliphatic carbocycles. The molecule has 0 aromatic carbocycles. The Labute approximate surface area is 100 Å². The van der Waals surface area contributed by atoms with Crippen molar-refractivity contribution in [1.82, 2.24) is 9.91 Å². The van der Waals surface area contributed by atoms with Gasteiger partial charge in [-0.25, -0.2) is 0 Å². The lowest BCUT2D eigenvalue weighted by Gasteiger charge is -2.41. The molecular formula is C13H27N3. The topological polar surface area (TPSA) is 18.8 Å². The van der Waals surface area contributed by atoms with Crippen molar-refractivity contribution in [2.24, 2.45) is 11.0 Å². The first kappa shape index (κ1) is 13.3. The van der Waals surface area contributed by atoms with Crippen molar-refractivity contribution in [2.45, 2.75) is 66.1 Å². The zero-order chi connectivity index (χ0) is 12.3. The minimum absolute atomic E-state index is 0.152. The fourth-order valence-corrected chi connectivity index (χ4v) is 2.15. The number of hydrazone groups is 1. The maximum absolute atomic E-state index is 4.56. The summed E-state index contributed by atoms with van der Waals surface area (Å²) in [7, 11) is 0. The molecule has 16 heavy (non-hydrogen) atoms. The Morgan fingerprint density at radius 1 is 1.31 bits per heavy atom. The summed E-state index contributed by atoms with van der Waals surface area (Å²) in [5.41, 5.74) is 0.152. The van der Waals surface area contributed by atoms with E-state index in [9.17, 15) is 0 Å². The minimum atomic E-state index is 0.152. The molecule has 0 saturated carbocycles. The summed E-state index contributed by atoms with van der Waals surface area (Å²) in [6.45, 7) is 14.6. The van der Waals surface area contributed by atoms with Crippen LogP contribution in [0.15, 0.2) is 5.10 Å². The molecule has 94 valence electrons. The van der Waals surface area contributed by atoms with Crippen molar-refractivity contribution in [3.8, 4) is 0 Å². The molecular weight excluding hydrogens is 198 g/mol. The second kappa shape index (κ2) is 5.07. The van der Waals surface area contributed by atoms with E-state index in [1.807, 2.05) is 6.34 Å². The third-order valence-corrected chi connectivity index (χ3v) is 3.03. The van der Waals surface area contributed by atoms with Crippen LogP contribution in [-0.4, -0.2) is 34.5 Å². The third-order valence-electron chi connectivity index (χ3n) is 3.03. The summed E-state index contributed by atoms with van der Waals surface area (Å²) in [6.07, 6.45) is 4.89. The predicted molar refractivity (Wildman–Crippen MR) is 70.3 cm³/mol. The van der Waals surface area contributed by atoms with Crippen molar-refractivity contribution in [2.75, 3.05) is 6.54 Å². The highest BCUT2D eigenvalue weighted by molar-refractivity contribution is 5.58. The molecule has 3 nitrogen and oxygen atoms in total. The fourth-order valence-electron chi connectivity index (χ4n) is 2.15. The van der Waals surface area contributed by atoms with E-state index in [-0.39, 0.29) is 5.54 Å². The van der Waals surface area contributed by atoms with E-state index in [2.05, 4.69) is 56.6 Å². The molecule has 1 aliphatic heterocycles. The van der Waals surface area contributed by atoms with Crippen molar-refractivity contribution in [1.29, 1.82) is 0 Å². The summed E-state index contributed by atoms with van der Waals surface area (Å²) >= 11 is 0.